The normalized spacial score (nSPS) is 22.7. The second-order valence-corrected chi connectivity index (χ2v) is 6.96. The van der Waals surface area contributed by atoms with E-state index in [0.717, 1.165) is 43.4 Å². The molecule has 1 unspecified atom stereocenters. The summed E-state index contributed by atoms with van der Waals surface area (Å²) < 4.78 is 7.92. The molecule has 2 aliphatic rings. The highest BCUT2D eigenvalue weighted by Gasteiger charge is 2.42. The predicted octanol–water partition coefficient (Wildman–Crippen LogP) is 2.52. The van der Waals surface area contributed by atoms with Crippen LogP contribution in [0.5, 0.6) is 0 Å². The first-order chi connectivity index (χ1) is 11.1. The van der Waals surface area contributed by atoms with Crippen molar-refractivity contribution < 1.29 is 4.74 Å². The summed E-state index contributed by atoms with van der Waals surface area (Å²) >= 11 is 0. The van der Waals surface area contributed by atoms with Crippen molar-refractivity contribution in [3.05, 3.63) is 39.9 Å². The van der Waals surface area contributed by atoms with Crippen LogP contribution in [-0.4, -0.2) is 34.8 Å². The van der Waals surface area contributed by atoms with E-state index < -0.39 is 0 Å². The molecule has 0 amide bonds. The van der Waals surface area contributed by atoms with E-state index in [1.807, 2.05) is 26.0 Å². The minimum absolute atomic E-state index is 0. The molecule has 3 heterocycles. The summed E-state index contributed by atoms with van der Waals surface area (Å²) in [5.74, 6) is 0. The molecule has 4 rings (SSSR count). The molecule has 6 heteroatoms. The van der Waals surface area contributed by atoms with E-state index in [4.69, 9.17) is 4.74 Å². The lowest BCUT2D eigenvalue weighted by atomic mass is 9.88. The van der Waals surface area contributed by atoms with E-state index >= 15 is 0 Å². The number of benzene rings is 1. The Balaban J connectivity index is 0.00000169. The zero-order chi connectivity index (χ0) is 16.0. The highest BCUT2D eigenvalue weighted by Crippen LogP contribution is 2.38. The molecule has 24 heavy (non-hydrogen) atoms. The number of rotatable bonds is 1. The Morgan fingerprint density at radius 2 is 2.04 bits per heavy atom. The van der Waals surface area contributed by atoms with Gasteiger partial charge in [-0.05, 0) is 63.4 Å². The molecule has 1 spiro atoms. The summed E-state index contributed by atoms with van der Waals surface area (Å²) in [4.78, 5) is 17.5. The van der Waals surface area contributed by atoms with Crippen LogP contribution >= 0.6 is 12.4 Å². The fourth-order valence-electron chi connectivity index (χ4n) is 3.94. The number of aryl methyl sites for hydroxylation is 2. The number of aromatic nitrogens is 2. The van der Waals surface area contributed by atoms with Crippen LogP contribution < -0.4 is 10.9 Å². The third-order valence-corrected chi connectivity index (χ3v) is 5.58. The Bertz CT molecular complexity index is 812. The number of halogens is 1. The van der Waals surface area contributed by atoms with Crippen molar-refractivity contribution in [2.45, 2.75) is 44.8 Å². The van der Waals surface area contributed by atoms with Gasteiger partial charge in [0.15, 0.2) is 0 Å². The van der Waals surface area contributed by atoms with Gasteiger partial charge < -0.3 is 10.1 Å². The first-order valence-electron chi connectivity index (χ1n) is 8.41. The van der Waals surface area contributed by atoms with Gasteiger partial charge in [0.05, 0.1) is 35.5 Å². The maximum Gasteiger partial charge on any atom is 0.261 e. The van der Waals surface area contributed by atoms with Crippen molar-refractivity contribution in [2.24, 2.45) is 0 Å². The van der Waals surface area contributed by atoms with Crippen LogP contribution in [0.1, 0.15) is 36.4 Å². The summed E-state index contributed by atoms with van der Waals surface area (Å²) in [6, 6.07) is 4.00. The molecule has 1 atom stereocenters. The fraction of sp³-hybridized carbons (Fsp3) is 0.556. The molecule has 0 aliphatic carbocycles. The zero-order valence-corrected chi connectivity index (χ0v) is 15.0. The predicted molar refractivity (Wildman–Crippen MR) is 97.2 cm³/mol. The lowest BCUT2D eigenvalue weighted by Gasteiger charge is -2.32. The smallest absolute Gasteiger partial charge is 0.261 e. The fourth-order valence-corrected chi connectivity index (χ4v) is 3.94. The van der Waals surface area contributed by atoms with Gasteiger partial charge in [-0.25, -0.2) is 4.98 Å². The van der Waals surface area contributed by atoms with E-state index in [2.05, 4.69) is 10.3 Å². The van der Waals surface area contributed by atoms with Crippen LogP contribution in [0.2, 0.25) is 0 Å². The number of nitrogens with zero attached hydrogens (tertiary/aromatic N) is 2. The Labute approximate surface area is 147 Å². The first-order valence-corrected chi connectivity index (χ1v) is 8.41. The SMILES string of the molecule is Cc1ccc2c(=O)n(C3COC4(CCNCC4)C3)cnc2c1C.Cl. The number of nitrogens with one attached hydrogen (secondary N) is 1. The lowest BCUT2D eigenvalue weighted by molar-refractivity contribution is -0.0196. The molecule has 0 bridgehead atoms. The van der Waals surface area contributed by atoms with Gasteiger partial charge in [-0.3, -0.25) is 9.36 Å². The van der Waals surface area contributed by atoms with Gasteiger partial charge >= 0.3 is 0 Å². The summed E-state index contributed by atoms with van der Waals surface area (Å²) in [6.45, 7) is 6.68. The highest BCUT2D eigenvalue weighted by atomic mass is 35.5. The van der Waals surface area contributed by atoms with Crippen LogP contribution in [0.15, 0.2) is 23.3 Å². The first kappa shape index (κ1) is 17.4. The molecule has 2 fully saturated rings. The molecule has 2 saturated heterocycles. The molecule has 130 valence electrons. The van der Waals surface area contributed by atoms with E-state index in [0.29, 0.717) is 12.0 Å². The van der Waals surface area contributed by atoms with Gasteiger partial charge in [0.2, 0.25) is 0 Å². The van der Waals surface area contributed by atoms with Crippen molar-refractivity contribution in [3.63, 3.8) is 0 Å². The van der Waals surface area contributed by atoms with Crippen LogP contribution in [-0.2, 0) is 4.74 Å². The molecule has 2 aromatic rings. The maximum atomic E-state index is 12.9. The monoisotopic (exact) mass is 349 g/mol. The molecule has 1 aromatic carbocycles. The zero-order valence-electron chi connectivity index (χ0n) is 14.2. The Morgan fingerprint density at radius 1 is 1.29 bits per heavy atom. The van der Waals surface area contributed by atoms with Crippen molar-refractivity contribution in [1.82, 2.24) is 14.9 Å². The molecule has 5 nitrogen and oxygen atoms in total. The van der Waals surface area contributed by atoms with Crippen LogP contribution in [0.4, 0.5) is 0 Å². The van der Waals surface area contributed by atoms with Crippen LogP contribution in [0.3, 0.4) is 0 Å². The van der Waals surface area contributed by atoms with Gasteiger partial charge in [-0.15, -0.1) is 12.4 Å². The Kier molecular flexibility index (Phi) is 4.69. The van der Waals surface area contributed by atoms with Crippen LogP contribution in [0, 0.1) is 13.8 Å². The van der Waals surface area contributed by atoms with E-state index in [1.165, 1.54) is 5.56 Å². The van der Waals surface area contributed by atoms with Crippen molar-refractivity contribution in [2.75, 3.05) is 19.7 Å². The molecular weight excluding hydrogens is 326 g/mol. The maximum absolute atomic E-state index is 12.9. The molecule has 0 radical (unpaired) electrons. The number of ether oxygens (including phenoxy) is 1. The molecule has 1 aromatic heterocycles. The minimum atomic E-state index is -0.0481. The topological polar surface area (TPSA) is 56.1 Å². The largest absolute Gasteiger partial charge is 0.373 e. The summed E-state index contributed by atoms with van der Waals surface area (Å²) in [5.41, 5.74) is 3.08. The lowest BCUT2D eigenvalue weighted by Crippen LogP contribution is -2.41. The molecule has 2 aliphatic heterocycles. The van der Waals surface area contributed by atoms with E-state index in [-0.39, 0.29) is 29.6 Å². The Morgan fingerprint density at radius 3 is 2.79 bits per heavy atom. The van der Waals surface area contributed by atoms with Crippen molar-refractivity contribution >= 4 is 23.3 Å². The molecular formula is C18H24ClN3O2. The standard InChI is InChI=1S/C18H23N3O2.ClH/c1-12-3-4-15-16(13(12)2)20-11-21(17(15)22)14-9-18(23-10-14)5-7-19-8-6-18;/h3-4,11,14,19H,5-10H2,1-2H3;1H. The van der Waals surface area contributed by atoms with Crippen LogP contribution in [0.25, 0.3) is 10.9 Å². The quantitative estimate of drug-likeness (QED) is 0.859. The summed E-state index contributed by atoms with van der Waals surface area (Å²) in [7, 11) is 0. The summed E-state index contributed by atoms with van der Waals surface area (Å²) in [6.07, 6.45) is 4.67. The second kappa shape index (κ2) is 6.47. The average molecular weight is 350 g/mol. The number of piperidine rings is 1. The van der Waals surface area contributed by atoms with Gasteiger partial charge in [-0.1, -0.05) is 6.07 Å². The minimum Gasteiger partial charge on any atom is -0.373 e. The highest BCUT2D eigenvalue weighted by molar-refractivity contribution is 5.85. The van der Waals surface area contributed by atoms with Gasteiger partial charge in [0.25, 0.3) is 5.56 Å². The second-order valence-electron chi connectivity index (χ2n) is 6.96. The van der Waals surface area contributed by atoms with E-state index in [9.17, 15) is 4.79 Å². The average Bonchev–Trinajstić information content (AvgIpc) is 2.95. The molecule has 1 N–H and O–H groups in total. The van der Waals surface area contributed by atoms with Gasteiger partial charge in [0, 0.05) is 0 Å². The number of fused-ring (bicyclic) bond motifs is 1. The third kappa shape index (κ3) is 2.75. The summed E-state index contributed by atoms with van der Waals surface area (Å²) in [5, 5.41) is 4.09. The Hall–Kier alpha value is -1.43. The number of hydrogen-bond acceptors (Lipinski definition) is 4. The van der Waals surface area contributed by atoms with Gasteiger partial charge in [0.1, 0.15) is 0 Å². The number of hydrogen-bond donors (Lipinski definition) is 1. The van der Waals surface area contributed by atoms with E-state index in [1.54, 1.807) is 10.9 Å². The van der Waals surface area contributed by atoms with Crippen molar-refractivity contribution in [3.8, 4) is 0 Å². The van der Waals surface area contributed by atoms with Gasteiger partial charge in [-0.2, -0.15) is 0 Å². The molecule has 0 saturated carbocycles. The third-order valence-electron chi connectivity index (χ3n) is 5.58. The van der Waals surface area contributed by atoms with Crippen molar-refractivity contribution in [1.29, 1.82) is 0 Å².